The maximum Gasteiger partial charge on any atom is 0.234 e. The summed E-state index contributed by atoms with van der Waals surface area (Å²) in [5.74, 6) is -1.84. The monoisotopic (exact) mass is 858 g/mol. The van der Waals surface area contributed by atoms with Gasteiger partial charge in [-0.2, -0.15) is 11.8 Å². The molecule has 0 aromatic heterocycles. The number of nitrogens with one attached hydrogen (secondary N) is 3. The van der Waals surface area contributed by atoms with Crippen LogP contribution >= 0.6 is 11.8 Å². The van der Waals surface area contributed by atoms with Gasteiger partial charge in [0.05, 0.1) is 24.4 Å². The predicted molar refractivity (Wildman–Crippen MR) is 236 cm³/mol. The van der Waals surface area contributed by atoms with E-state index in [1.165, 1.54) is 23.9 Å². The lowest BCUT2D eigenvalue weighted by Gasteiger charge is -2.24. The first-order chi connectivity index (χ1) is 28.6. The minimum absolute atomic E-state index is 0.0211. The molecule has 1 heterocycles. The van der Waals surface area contributed by atoms with Crippen molar-refractivity contribution in [3.8, 4) is 5.75 Å². The van der Waals surface area contributed by atoms with E-state index in [9.17, 15) is 38.7 Å². The lowest BCUT2D eigenvalue weighted by molar-refractivity contribution is -0.131. The van der Waals surface area contributed by atoms with E-state index >= 15 is 0 Å². The van der Waals surface area contributed by atoms with Gasteiger partial charge in [0.15, 0.2) is 5.96 Å². The van der Waals surface area contributed by atoms with Gasteiger partial charge >= 0.3 is 0 Å². The lowest BCUT2D eigenvalue weighted by atomic mass is 9.80. The maximum atomic E-state index is 14.0. The Kier molecular flexibility index (Phi) is 25.3. The normalized spacial score (nSPS) is 20.2. The second kappa shape index (κ2) is 29.2. The largest absolute Gasteiger partial charge is 0.508 e. The molecule has 6 atom stereocenters. The summed E-state index contributed by atoms with van der Waals surface area (Å²) < 4.78 is 0. The first-order valence-corrected chi connectivity index (χ1v) is 23.0. The molecule has 2 rings (SSSR count). The molecular formula is C44H71N7O8S. The number of primary amides is 1. The Morgan fingerprint density at radius 1 is 0.933 bits per heavy atom. The third kappa shape index (κ3) is 21.4. The van der Waals surface area contributed by atoms with Crippen molar-refractivity contribution >= 4 is 58.5 Å². The van der Waals surface area contributed by atoms with Crippen LogP contribution in [0.15, 0.2) is 29.3 Å². The molecule has 0 bridgehead atoms. The fourth-order valence-corrected chi connectivity index (χ4v) is 7.88. The quantitative estimate of drug-likeness (QED) is 0.0474. The van der Waals surface area contributed by atoms with Crippen molar-refractivity contribution in [1.29, 1.82) is 0 Å². The summed E-state index contributed by atoms with van der Waals surface area (Å²) in [4.78, 5) is 96.0. The van der Waals surface area contributed by atoms with Crippen LogP contribution in [0, 0.1) is 23.7 Å². The first kappa shape index (κ1) is 52.0. The smallest absolute Gasteiger partial charge is 0.234 e. The van der Waals surface area contributed by atoms with Crippen LogP contribution in [0.25, 0.3) is 0 Å². The number of thioether (sulfide) groups is 1. The zero-order chi connectivity index (χ0) is 44.5. The molecule has 1 aromatic rings. The zero-order valence-corrected chi connectivity index (χ0v) is 36.8. The van der Waals surface area contributed by atoms with Gasteiger partial charge in [-0.05, 0) is 93.7 Å². The summed E-state index contributed by atoms with van der Waals surface area (Å²) in [5, 5.41) is 19.0. The molecule has 60 heavy (non-hydrogen) atoms. The Morgan fingerprint density at radius 2 is 1.65 bits per heavy atom. The molecule has 0 radical (unpaired) electrons. The molecular weight excluding hydrogens is 787 g/mol. The first-order valence-electron chi connectivity index (χ1n) is 21.6. The number of aromatic hydroxyl groups is 1. The Balaban J connectivity index is 2.24. The molecule has 0 aliphatic carbocycles. The average Bonchev–Trinajstić information content (AvgIpc) is 3.21. The van der Waals surface area contributed by atoms with E-state index in [4.69, 9.17) is 17.2 Å². The molecule has 1 aromatic carbocycles. The maximum absolute atomic E-state index is 14.0. The topological polar surface area (TPSA) is 266 Å². The number of guanidine groups is 1. The highest BCUT2D eigenvalue weighted by Gasteiger charge is 2.30. The van der Waals surface area contributed by atoms with Gasteiger partial charge in [-0.1, -0.05) is 38.8 Å². The number of Topliss-reactive ketones (excluding diaryl/α,β-unsaturated/α-hetero) is 5. The standard InChI is InChI=1S/C44H71N7O8S/c1-4-29(2)36-25-35(54)17-16-34(53)18-19-37(51-27-41(57)32(13-21-39(36)55)9-5-6-22-48-42(58)28-60-3)40(56)20-12-31(8-7-23-49-44(46)47)26-50-38(43(45)59)24-30-10-14-33(52)15-11-30/h10-11,14-15,29,31-32,36-38,50-52H,4-9,12-13,16-28H2,1-3H3,(H2,45,59)(H,48,58)(H4,46,47,49)/t29-,31+,32+,36-,37-,38-/m0/s1. The highest BCUT2D eigenvalue weighted by Crippen LogP contribution is 2.26. The summed E-state index contributed by atoms with van der Waals surface area (Å²) >= 11 is 1.44. The fourth-order valence-electron chi connectivity index (χ4n) is 7.52. The number of hydrogen-bond acceptors (Lipinski definition) is 12. The van der Waals surface area contributed by atoms with E-state index in [0.717, 1.165) is 12.0 Å². The van der Waals surface area contributed by atoms with E-state index in [-0.39, 0.29) is 110 Å². The average molecular weight is 858 g/mol. The number of phenols is 1. The van der Waals surface area contributed by atoms with Gasteiger partial charge < -0.3 is 38.3 Å². The highest BCUT2D eigenvalue weighted by molar-refractivity contribution is 7.99. The van der Waals surface area contributed by atoms with Gasteiger partial charge in [-0.25, -0.2) is 0 Å². The molecule has 16 heteroatoms. The molecule has 10 N–H and O–H groups in total. The zero-order valence-electron chi connectivity index (χ0n) is 36.0. The number of unbranched alkanes of at least 4 members (excludes halogenated alkanes) is 1. The number of hydrogen-bond donors (Lipinski definition) is 7. The number of rotatable bonds is 23. The minimum Gasteiger partial charge on any atom is -0.508 e. The Morgan fingerprint density at radius 3 is 2.32 bits per heavy atom. The van der Waals surface area contributed by atoms with E-state index in [0.29, 0.717) is 76.8 Å². The van der Waals surface area contributed by atoms with Crippen molar-refractivity contribution in [2.24, 2.45) is 45.9 Å². The summed E-state index contributed by atoms with van der Waals surface area (Å²) in [7, 11) is 0. The third-order valence-corrected chi connectivity index (χ3v) is 12.1. The molecule has 2 amide bonds. The molecule has 336 valence electrons. The number of aliphatic imine (C=N–C) groups is 1. The number of nitrogens with two attached hydrogens (primary N) is 3. The Labute approximate surface area is 360 Å². The lowest BCUT2D eigenvalue weighted by Crippen LogP contribution is -2.45. The molecule has 0 saturated carbocycles. The van der Waals surface area contributed by atoms with Crippen LogP contribution in [0.5, 0.6) is 5.75 Å². The second-order valence-electron chi connectivity index (χ2n) is 16.2. The second-order valence-corrected chi connectivity index (χ2v) is 17.1. The number of carbonyl (C=O) groups is 7. The van der Waals surface area contributed by atoms with Crippen molar-refractivity contribution in [2.75, 3.05) is 38.2 Å². The number of benzene rings is 1. The van der Waals surface area contributed by atoms with Crippen molar-refractivity contribution in [1.82, 2.24) is 16.0 Å². The van der Waals surface area contributed by atoms with Crippen LogP contribution in [0.2, 0.25) is 0 Å². The molecule has 1 fully saturated rings. The van der Waals surface area contributed by atoms with Crippen LogP contribution in [0.3, 0.4) is 0 Å². The van der Waals surface area contributed by atoms with E-state index < -0.39 is 29.8 Å². The van der Waals surface area contributed by atoms with Gasteiger partial charge in [-0.3, -0.25) is 38.6 Å². The van der Waals surface area contributed by atoms with Crippen LogP contribution in [-0.2, 0) is 40.0 Å². The van der Waals surface area contributed by atoms with Crippen molar-refractivity contribution in [3.63, 3.8) is 0 Å². The summed E-state index contributed by atoms with van der Waals surface area (Å²) in [6.07, 6.45) is 7.31. The van der Waals surface area contributed by atoms with Gasteiger partial charge in [0.1, 0.15) is 34.7 Å². The predicted octanol–water partition coefficient (Wildman–Crippen LogP) is 3.30. The van der Waals surface area contributed by atoms with Crippen molar-refractivity contribution in [2.45, 2.75) is 129 Å². The Bertz CT molecular complexity index is 1570. The molecule has 1 aliphatic rings. The van der Waals surface area contributed by atoms with Gasteiger partial charge in [0.2, 0.25) is 11.8 Å². The number of carbonyl (C=O) groups excluding carboxylic acids is 7. The number of nitrogens with zero attached hydrogens (tertiary/aromatic N) is 1. The molecule has 0 unspecified atom stereocenters. The van der Waals surface area contributed by atoms with Gasteiger partial charge in [0, 0.05) is 63.5 Å². The fraction of sp³-hybridized carbons (Fsp3) is 0.682. The number of amides is 2. The Hall–Kier alpha value is -4.15. The molecule has 15 nitrogen and oxygen atoms in total. The summed E-state index contributed by atoms with van der Waals surface area (Å²) in [6, 6.07) is 5.01. The van der Waals surface area contributed by atoms with Crippen LogP contribution in [-0.4, -0.2) is 102 Å². The summed E-state index contributed by atoms with van der Waals surface area (Å²) in [6.45, 7) is 5.05. The van der Waals surface area contributed by atoms with E-state index in [2.05, 4.69) is 20.9 Å². The van der Waals surface area contributed by atoms with Crippen molar-refractivity contribution < 1.29 is 38.7 Å². The molecule has 1 saturated heterocycles. The highest BCUT2D eigenvalue weighted by atomic mass is 32.2. The van der Waals surface area contributed by atoms with Gasteiger partial charge in [0.25, 0.3) is 0 Å². The molecule has 0 spiro atoms. The van der Waals surface area contributed by atoms with Gasteiger partial charge in [-0.15, -0.1) is 0 Å². The van der Waals surface area contributed by atoms with Crippen molar-refractivity contribution in [3.05, 3.63) is 29.8 Å². The summed E-state index contributed by atoms with van der Waals surface area (Å²) in [5.41, 5.74) is 17.6. The van der Waals surface area contributed by atoms with Crippen LogP contribution in [0.1, 0.15) is 116 Å². The van der Waals surface area contributed by atoms with E-state index in [1.807, 2.05) is 20.1 Å². The van der Waals surface area contributed by atoms with E-state index in [1.54, 1.807) is 12.1 Å². The SMILES string of the molecule is CC[C@H](C)[C@@H]1CC(=O)CCC(=O)CC[C@@H](C(=O)CC[C@@H](CCCN=C(N)N)CN[C@@H](Cc2ccc(O)cc2)C(N)=O)NCC(=O)[C@H](CCCCNC(=O)CSC)CCC1=O. The van der Waals surface area contributed by atoms with Crippen LogP contribution < -0.4 is 33.2 Å². The third-order valence-electron chi connectivity index (χ3n) is 11.5. The minimum atomic E-state index is -0.798. The van der Waals surface area contributed by atoms with Crippen LogP contribution in [0.4, 0.5) is 0 Å². The molecule has 1 aliphatic heterocycles. The number of ketones is 5. The number of phenolic OH excluding ortho intramolecular Hbond substituents is 1.